The molecule has 1 amide bonds. The Morgan fingerprint density at radius 1 is 1.24 bits per heavy atom. The number of aryl methyl sites for hydroxylation is 1. The number of halogens is 1. The van der Waals surface area contributed by atoms with Crippen LogP contribution < -0.4 is 10.1 Å². The molecule has 158 valence electrons. The first-order valence-electron chi connectivity index (χ1n) is 10.6. The van der Waals surface area contributed by atoms with E-state index in [1.807, 2.05) is 26.1 Å². The summed E-state index contributed by atoms with van der Waals surface area (Å²) in [4.78, 5) is 15.6. The third-order valence-electron chi connectivity index (χ3n) is 5.91. The van der Waals surface area contributed by atoms with Crippen molar-refractivity contribution >= 4 is 16.9 Å². The molecule has 2 fully saturated rings. The highest BCUT2D eigenvalue weighted by Gasteiger charge is 2.29. The Labute approximate surface area is 170 Å². The van der Waals surface area contributed by atoms with E-state index in [1.54, 1.807) is 4.57 Å². The molecular formula is C22H30FN3O3. The van der Waals surface area contributed by atoms with Crippen molar-refractivity contribution < 1.29 is 18.7 Å². The number of aromatic nitrogens is 2. The van der Waals surface area contributed by atoms with Gasteiger partial charge in [-0.25, -0.2) is 4.39 Å². The van der Waals surface area contributed by atoms with E-state index in [-0.39, 0.29) is 30.0 Å². The van der Waals surface area contributed by atoms with Crippen LogP contribution in [0.15, 0.2) is 12.1 Å². The van der Waals surface area contributed by atoms with Gasteiger partial charge in [-0.1, -0.05) is 6.07 Å². The molecule has 4 rings (SSSR count). The van der Waals surface area contributed by atoms with Gasteiger partial charge in [0.25, 0.3) is 6.01 Å². The number of fused-ring (bicyclic) bond motifs is 1. The standard InChI is InChI=1S/C22H30FN3O3/c1-13(24-14(2)27)12-28-16-6-8-17(9-7-16)29-22-25-19-11-10-18(15-4-5-15)20(23)21(19)26(22)3/h10-11,13,15-17H,4-9,12H2,1-3H3,(H,24,27)/t13-,16?,17?/m0/s1. The average molecular weight is 403 g/mol. The molecule has 0 saturated heterocycles. The molecular weight excluding hydrogens is 373 g/mol. The SMILES string of the molecule is CC(=O)N[C@@H](C)COC1CCC(Oc2nc3ccc(C4CC4)c(F)c3n2C)CC1. The van der Waals surface area contributed by atoms with E-state index in [0.717, 1.165) is 44.1 Å². The molecule has 6 nitrogen and oxygen atoms in total. The fourth-order valence-electron chi connectivity index (χ4n) is 4.20. The molecule has 0 radical (unpaired) electrons. The zero-order valence-corrected chi connectivity index (χ0v) is 17.4. The summed E-state index contributed by atoms with van der Waals surface area (Å²) < 4.78 is 28.8. The Kier molecular flexibility index (Phi) is 5.76. The highest BCUT2D eigenvalue weighted by atomic mass is 19.1. The number of nitrogens with zero attached hydrogens (tertiary/aromatic N) is 2. The van der Waals surface area contributed by atoms with E-state index in [9.17, 15) is 9.18 Å². The number of imidazole rings is 1. The highest BCUT2D eigenvalue weighted by Crippen LogP contribution is 2.43. The summed E-state index contributed by atoms with van der Waals surface area (Å²) in [6.07, 6.45) is 5.94. The molecule has 1 aromatic carbocycles. The monoisotopic (exact) mass is 403 g/mol. The number of carbonyl (C=O) groups is 1. The molecule has 1 N–H and O–H groups in total. The second-order valence-corrected chi connectivity index (χ2v) is 8.52. The zero-order chi connectivity index (χ0) is 20.5. The van der Waals surface area contributed by atoms with Crippen molar-refractivity contribution in [3.05, 3.63) is 23.5 Å². The molecule has 29 heavy (non-hydrogen) atoms. The Morgan fingerprint density at radius 3 is 2.59 bits per heavy atom. The van der Waals surface area contributed by atoms with Gasteiger partial charge in [0.1, 0.15) is 11.6 Å². The molecule has 2 saturated carbocycles. The van der Waals surface area contributed by atoms with Gasteiger partial charge in [0.15, 0.2) is 5.82 Å². The molecule has 0 aliphatic heterocycles. The lowest BCUT2D eigenvalue weighted by molar-refractivity contribution is -0.120. The normalized spacial score (nSPS) is 23.2. The van der Waals surface area contributed by atoms with Crippen LogP contribution in [0.5, 0.6) is 6.01 Å². The smallest absolute Gasteiger partial charge is 0.297 e. The van der Waals surface area contributed by atoms with E-state index < -0.39 is 0 Å². The maximum atomic E-state index is 14.9. The van der Waals surface area contributed by atoms with Gasteiger partial charge in [-0.15, -0.1) is 0 Å². The third-order valence-corrected chi connectivity index (χ3v) is 5.91. The number of nitrogens with one attached hydrogen (secondary N) is 1. The minimum absolute atomic E-state index is 0.0110. The van der Waals surface area contributed by atoms with Gasteiger partial charge < -0.3 is 14.8 Å². The first kappa shape index (κ1) is 20.1. The fourth-order valence-corrected chi connectivity index (χ4v) is 4.20. The quantitative estimate of drug-likeness (QED) is 0.763. The lowest BCUT2D eigenvalue weighted by Gasteiger charge is -2.29. The van der Waals surface area contributed by atoms with Crippen molar-refractivity contribution in [2.75, 3.05) is 6.61 Å². The number of rotatable bonds is 7. The van der Waals surface area contributed by atoms with Crippen LogP contribution in [0.3, 0.4) is 0 Å². The lowest BCUT2D eigenvalue weighted by atomic mass is 9.95. The minimum atomic E-state index is -0.153. The summed E-state index contributed by atoms with van der Waals surface area (Å²) >= 11 is 0. The van der Waals surface area contributed by atoms with E-state index in [4.69, 9.17) is 9.47 Å². The first-order valence-corrected chi connectivity index (χ1v) is 10.6. The number of hydrogen-bond acceptors (Lipinski definition) is 4. The van der Waals surface area contributed by atoms with Crippen molar-refractivity contribution in [2.45, 2.75) is 76.5 Å². The van der Waals surface area contributed by atoms with Crippen molar-refractivity contribution in [3.63, 3.8) is 0 Å². The fraction of sp³-hybridized carbons (Fsp3) is 0.636. The van der Waals surface area contributed by atoms with E-state index in [0.29, 0.717) is 29.6 Å². The van der Waals surface area contributed by atoms with Crippen molar-refractivity contribution in [3.8, 4) is 6.01 Å². The number of benzene rings is 1. The predicted molar refractivity (Wildman–Crippen MR) is 109 cm³/mol. The Hall–Kier alpha value is -2.15. The van der Waals surface area contributed by atoms with Crippen LogP contribution in [0.1, 0.15) is 63.9 Å². The molecule has 1 atom stereocenters. The van der Waals surface area contributed by atoms with Gasteiger partial charge in [-0.2, -0.15) is 4.98 Å². The first-order chi connectivity index (χ1) is 13.9. The number of ether oxygens (including phenoxy) is 2. The van der Waals surface area contributed by atoms with E-state index in [2.05, 4.69) is 10.3 Å². The molecule has 2 aromatic rings. The maximum absolute atomic E-state index is 14.9. The van der Waals surface area contributed by atoms with Gasteiger partial charge in [-0.3, -0.25) is 9.36 Å². The highest BCUT2D eigenvalue weighted by molar-refractivity contribution is 5.78. The Balaban J connectivity index is 1.34. The van der Waals surface area contributed by atoms with Crippen LogP contribution in [0.2, 0.25) is 0 Å². The van der Waals surface area contributed by atoms with Gasteiger partial charge in [0, 0.05) is 20.0 Å². The summed E-state index contributed by atoms with van der Waals surface area (Å²) in [6, 6.07) is 4.27. The molecule has 0 bridgehead atoms. The molecule has 1 aromatic heterocycles. The van der Waals surface area contributed by atoms with Crippen molar-refractivity contribution in [1.29, 1.82) is 0 Å². The lowest BCUT2D eigenvalue weighted by Crippen LogP contribution is -2.37. The largest absolute Gasteiger partial charge is 0.461 e. The van der Waals surface area contributed by atoms with Crippen LogP contribution in [0.25, 0.3) is 11.0 Å². The summed E-state index contributed by atoms with van der Waals surface area (Å²) in [6.45, 7) is 3.97. The van der Waals surface area contributed by atoms with Crippen LogP contribution in [-0.4, -0.2) is 40.3 Å². The van der Waals surface area contributed by atoms with Crippen LogP contribution >= 0.6 is 0 Å². The second kappa shape index (κ2) is 8.30. The molecule has 2 aliphatic carbocycles. The topological polar surface area (TPSA) is 65.4 Å². The Bertz CT molecular complexity index is 885. The Morgan fingerprint density at radius 2 is 1.93 bits per heavy atom. The number of carbonyl (C=O) groups excluding carboxylic acids is 1. The molecule has 1 heterocycles. The summed E-state index contributed by atoms with van der Waals surface area (Å²) in [5.41, 5.74) is 1.99. The summed E-state index contributed by atoms with van der Waals surface area (Å²) in [5, 5.41) is 2.83. The van der Waals surface area contributed by atoms with Crippen molar-refractivity contribution in [1.82, 2.24) is 14.9 Å². The van der Waals surface area contributed by atoms with Gasteiger partial charge >= 0.3 is 0 Å². The van der Waals surface area contributed by atoms with Crippen LogP contribution in [-0.2, 0) is 16.6 Å². The van der Waals surface area contributed by atoms with Gasteiger partial charge in [0.05, 0.1) is 18.2 Å². The van der Waals surface area contributed by atoms with Crippen molar-refractivity contribution in [2.24, 2.45) is 7.05 Å². The number of hydrogen-bond donors (Lipinski definition) is 1. The molecule has 2 aliphatic rings. The average Bonchev–Trinajstić information content (AvgIpc) is 3.46. The minimum Gasteiger partial charge on any atom is -0.461 e. The zero-order valence-electron chi connectivity index (χ0n) is 17.4. The molecule has 7 heteroatoms. The van der Waals surface area contributed by atoms with Gasteiger partial charge in [-0.05, 0) is 63.0 Å². The summed E-state index contributed by atoms with van der Waals surface area (Å²) in [5.74, 6) is 0.170. The van der Waals surface area contributed by atoms with E-state index >= 15 is 0 Å². The predicted octanol–water partition coefficient (Wildman–Crippen LogP) is 3.82. The van der Waals surface area contributed by atoms with Crippen LogP contribution in [0.4, 0.5) is 4.39 Å². The molecule has 0 spiro atoms. The van der Waals surface area contributed by atoms with Crippen LogP contribution in [0, 0.1) is 5.82 Å². The third kappa shape index (κ3) is 4.55. The summed E-state index contributed by atoms with van der Waals surface area (Å²) in [7, 11) is 1.82. The molecule has 0 unspecified atom stereocenters. The number of amides is 1. The van der Waals surface area contributed by atoms with E-state index in [1.165, 1.54) is 6.92 Å². The van der Waals surface area contributed by atoms with Gasteiger partial charge in [0.2, 0.25) is 5.91 Å². The second-order valence-electron chi connectivity index (χ2n) is 8.52. The maximum Gasteiger partial charge on any atom is 0.297 e.